The van der Waals surface area contributed by atoms with Crippen molar-refractivity contribution in [2.75, 3.05) is 31.5 Å². The molecule has 2 amide bonds. The van der Waals surface area contributed by atoms with E-state index in [9.17, 15) is 22.4 Å². The molecule has 0 bridgehead atoms. The molecule has 208 valence electrons. The second-order valence-electron chi connectivity index (χ2n) is 9.38. The van der Waals surface area contributed by atoms with Crippen molar-refractivity contribution in [2.45, 2.75) is 32.9 Å². The zero-order valence-electron chi connectivity index (χ0n) is 22.7. The van der Waals surface area contributed by atoms with Crippen molar-refractivity contribution in [2.24, 2.45) is 0 Å². The number of halogens is 1. The second kappa shape index (κ2) is 13.3. The lowest BCUT2D eigenvalue weighted by atomic mass is 10.0. The predicted octanol–water partition coefficient (Wildman–Crippen LogP) is 3.52. The van der Waals surface area contributed by atoms with E-state index in [1.807, 2.05) is 61.5 Å². The minimum atomic E-state index is -4.13. The summed E-state index contributed by atoms with van der Waals surface area (Å²) in [6, 6.07) is 20.9. The first-order valence-corrected chi connectivity index (χ1v) is 14.0. The fourth-order valence-corrected chi connectivity index (χ4v) is 5.23. The molecule has 0 aliphatic rings. The Kier molecular flexibility index (Phi) is 10.2. The van der Waals surface area contributed by atoms with E-state index < -0.39 is 34.5 Å². The van der Waals surface area contributed by atoms with Crippen molar-refractivity contribution in [1.82, 2.24) is 14.5 Å². The Morgan fingerprint density at radius 2 is 1.56 bits per heavy atom. The zero-order valence-corrected chi connectivity index (χ0v) is 23.5. The fraction of sp³-hybridized carbons (Fsp3) is 0.310. The molecule has 3 aromatic rings. The summed E-state index contributed by atoms with van der Waals surface area (Å²) in [4.78, 5) is 28.8. The Morgan fingerprint density at radius 3 is 2.15 bits per heavy atom. The van der Waals surface area contributed by atoms with Gasteiger partial charge in [0.25, 0.3) is 0 Å². The highest BCUT2D eigenvalue weighted by Crippen LogP contribution is 2.22. The molecule has 0 spiro atoms. The number of aryl methyl sites for hydroxylation is 1. The molecule has 0 saturated heterocycles. The lowest BCUT2D eigenvalue weighted by molar-refractivity contribution is -0.140. The van der Waals surface area contributed by atoms with Gasteiger partial charge in [0.1, 0.15) is 18.4 Å². The normalized spacial score (nSPS) is 12.2. The minimum absolute atomic E-state index is 0.0917. The number of amides is 2. The molecule has 0 radical (unpaired) electrons. The van der Waals surface area contributed by atoms with Crippen LogP contribution in [-0.4, -0.2) is 62.7 Å². The average Bonchev–Trinajstić information content (AvgIpc) is 2.90. The van der Waals surface area contributed by atoms with Gasteiger partial charge in [-0.25, -0.2) is 8.70 Å². The van der Waals surface area contributed by atoms with E-state index in [0.717, 1.165) is 37.4 Å². The maximum Gasteiger partial charge on any atom is 0.304 e. The van der Waals surface area contributed by atoms with Crippen LogP contribution in [0.5, 0.6) is 0 Å². The molecule has 1 atom stereocenters. The molecule has 0 aliphatic heterocycles. The molecular formula is C29H35FN4O4S. The number of anilines is 1. The summed E-state index contributed by atoms with van der Waals surface area (Å²) in [7, 11) is -1.42. The van der Waals surface area contributed by atoms with Crippen LogP contribution >= 0.6 is 0 Å². The molecule has 3 aromatic carbocycles. The van der Waals surface area contributed by atoms with Crippen LogP contribution in [0.4, 0.5) is 10.1 Å². The van der Waals surface area contributed by atoms with Gasteiger partial charge in [0.05, 0.1) is 5.69 Å². The summed E-state index contributed by atoms with van der Waals surface area (Å²) in [5.74, 6) is -1.45. The van der Waals surface area contributed by atoms with E-state index in [0.29, 0.717) is 6.54 Å². The van der Waals surface area contributed by atoms with Crippen LogP contribution in [0.15, 0.2) is 78.9 Å². The Hall–Kier alpha value is -3.76. The fourth-order valence-electron chi connectivity index (χ4n) is 4.18. The molecule has 0 saturated carbocycles. The Labute approximate surface area is 230 Å². The number of hydrogen-bond acceptors (Lipinski definition) is 4. The van der Waals surface area contributed by atoms with Crippen LogP contribution in [-0.2, 0) is 32.8 Å². The van der Waals surface area contributed by atoms with E-state index in [1.54, 1.807) is 6.92 Å². The van der Waals surface area contributed by atoms with Crippen LogP contribution in [0.2, 0.25) is 0 Å². The van der Waals surface area contributed by atoms with E-state index in [2.05, 4.69) is 5.32 Å². The smallest absolute Gasteiger partial charge is 0.304 e. The molecule has 0 aromatic heterocycles. The number of benzene rings is 3. The summed E-state index contributed by atoms with van der Waals surface area (Å²) in [6.07, 6.45) is 0.237. The standard InChI is InChI=1S/C29H35FN4O4S/c1-5-31-29(36)27(19-23-11-7-6-8-12-23)33(20-24-13-9-10-22(2)18-24)28(35)21-34(39(37,38)32(3)4)26-16-14-25(30)15-17-26/h6-18,27H,5,19-21H2,1-4H3,(H,31,36). The van der Waals surface area contributed by atoms with Crippen LogP contribution in [0.3, 0.4) is 0 Å². The third-order valence-corrected chi connectivity index (χ3v) is 8.01. The first-order valence-electron chi connectivity index (χ1n) is 12.6. The molecule has 0 heterocycles. The molecule has 1 N–H and O–H groups in total. The van der Waals surface area contributed by atoms with E-state index in [-0.39, 0.29) is 24.6 Å². The maximum absolute atomic E-state index is 14.0. The molecule has 0 aliphatic carbocycles. The maximum atomic E-state index is 14.0. The molecule has 3 rings (SSSR count). The third-order valence-electron chi connectivity index (χ3n) is 6.19. The first-order chi connectivity index (χ1) is 18.5. The Morgan fingerprint density at radius 1 is 0.923 bits per heavy atom. The molecule has 0 fully saturated rings. The summed E-state index contributed by atoms with van der Waals surface area (Å²) in [5, 5.41) is 2.82. The summed E-state index contributed by atoms with van der Waals surface area (Å²) < 4.78 is 42.1. The highest BCUT2D eigenvalue weighted by atomic mass is 32.2. The molecule has 39 heavy (non-hydrogen) atoms. The van der Waals surface area contributed by atoms with Crippen LogP contribution in [0, 0.1) is 12.7 Å². The summed E-state index contributed by atoms with van der Waals surface area (Å²) in [6.45, 7) is 3.61. The summed E-state index contributed by atoms with van der Waals surface area (Å²) >= 11 is 0. The molecule has 10 heteroatoms. The van der Waals surface area contributed by atoms with Gasteiger partial charge in [0.15, 0.2) is 0 Å². The highest BCUT2D eigenvalue weighted by molar-refractivity contribution is 7.90. The topological polar surface area (TPSA) is 90.0 Å². The van der Waals surface area contributed by atoms with Crippen molar-refractivity contribution in [3.63, 3.8) is 0 Å². The number of rotatable bonds is 12. The number of nitrogens with one attached hydrogen (secondary N) is 1. The van der Waals surface area contributed by atoms with Gasteiger partial charge >= 0.3 is 10.2 Å². The van der Waals surface area contributed by atoms with Crippen molar-refractivity contribution in [3.8, 4) is 0 Å². The highest BCUT2D eigenvalue weighted by Gasteiger charge is 2.34. The van der Waals surface area contributed by atoms with Crippen molar-refractivity contribution in [1.29, 1.82) is 0 Å². The largest absolute Gasteiger partial charge is 0.355 e. The number of likely N-dealkylation sites (N-methyl/N-ethyl adjacent to an activating group) is 1. The van der Waals surface area contributed by atoms with Gasteiger partial charge in [0, 0.05) is 33.6 Å². The van der Waals surface area contributed by atoms with Crippen LogP contribution in [0.1, 0.15) is 23.6 Å². The third kappa shape index (κ3) is 7.87. The van der Waals surface area contributed by atoms with Crippen LogP contribution in [0.25, 0.3) is 0 Å². The quantitative estimate of drug-likeness (QED) is 0.371. The average molecular weight is 555 g/mol. The number of carbonyl (C=O) groups is 2. The predicted molar refractivity (Wildman–Crippen MR) is 151 cm³/mol. The van der Waals surface area contributed by atoms with Crippen LogP contribution < -0.4 is 9.62 Å². The van der Waals surface area contributed by atoms with Gasteiger partial charge in [-0.15, -0.1) is 0 Å². The monoisotopic (exact) mass is 554 g/mol. The van der Waals surface area contributed by atoms with E-state index in [4.69, 9.17) is 0 Å². The van der Waals surface area contributed by atoms with Gasteiger partial charge in [-0.2, -0.15) is 12.7 Å². The molecule has 1 unspecified atom stereocenters. The number of hydrogen-bond donors (Lipinski definition) is 1. The number of nitrogens with zero attached hydrogens (tertiary/aromatic N) is 3. The number of carbonyl (C=O) groups excluding carboxylic acids is 2. The molecular weight excluding hydrogens is 519 g/mol. The van der Waals surface area contributed by atoms with Gasteiger partial charge in [0.2, 0.25) is 11.8 Å². The Balaban J connectivity index is 2.07. The second-order valence-corrected chi connectivity index (χ2v) is 11.5. The van der Waals surface area contributed by atoms with Crippen molar-refractivity contribution < 1.29 is 22.4 Å². The van der Waals surface area contributed by atoms with Crippen molar-refractivity contribution >= 4 is 27.7 Å². The van der Waals surface area contributed by atoms with E-state index in [1.165, 1.54) is 31.1 Å². The Bertz CT molecular complexity index is 1370. The van der Waals surface area contributed by atoms with Crippen molar-refractivity contribution in [3.05, 3.63) is 101 Å². The van der Waals surface area contributed by atoms with Gasteiger partial charge in [-0.3, -0.25) is 9.59 Å². The van der Waals surface area contributed by atoms with Gasteiger partial charge in [-0.1, -0.05) is 60.2 Å². The van der Waals surface area contributed by atoms with Gasteiger partial charge in [-0.05, 0) is 49.2 Å². The first kappa shape index (κ1) is 29.8. The summed E-state index contributed by atoms with van der Waals surface area (Å²) in [5.41, 5.74) is 2.77. The zero-order chi connectivity index (χ0) is 28.6. The lowest BCUT2D eigenvalue weighted by Gasteiger charge is -2.34. The van der Waals surface area contributed by atoms with Gasteiger partial charge < -0.3 is 10.2 Å². The SMILES string of the molecule is CCNC(=O)C(Cc1ccccc1)N(Cc1cccc(C)c1)C(=O)CN(c1ccc(F)cc1)S(=O)(=O)N(C)C. The molecule has 8 nitrogen and oxygen atoms in total. The minimum Gasteiger partial charge on any atom is -0.355 e. The lowest BCUT2D eigenvalue weighted by Crippen LogP contribution is -2.54. The van der Waals surface area contributed by atoms with E-state index >= 15 is 0 Å².